The number of nitrogens with zero attached hydrogens (tertiary/aromatic N) is 3. The number of ether oxygens (including phenoxy) is 3. The van der Waals surface area contributed by atoms with Crippen LogP contribution in [-0.4, -0.2) is 47.7 Å². The average molecular weight is 597 g/mol. The number of para-hydroxylation sites is 1. The molecule has 0 aliphatic carbocycles. The maximum Gasteiger partial charge on any atom is 0.130 e. The number of nitrogens with one attached hydrogen (secondary N) is 1. The van der Waals surface area contributed by atoms with E-state index >= 15 is 0 Å². The molecule has 9 heteroatoms. The standard InChI is InChI=1S/C34H33FN4O3S/c1-22-28-21-27(38-39(28)14-13-36-22)33-31-24-11-10-23(35)20-30(24)42-18-17-40-15-6-2-3-7-16-41-29-9-5-4-8-25(29)32(37-33)26-12-19-43-34(26)31/h2,4-6,8-12,19-22,36H,3,7,13-18H2,1H3/b6-2+/t22-/m1/s1. The van der Waals surface area contributed by atoms with Gasteiger partial charge < -0.3 is 19.5 Å². The van der Waals surface area contributed by atoms with Crippen molar-refractivity contribution in [3.8, 4) is 45.3 Å². The Bertz CT molecular complexity index is 1800. The van der Waals surface area contributed by atoms with Crippen LogP contribution in [0.3, 0.4) is 0 Å². The summed E-state index contributed by atoms with van der Waals surface area (Å²) in [5.41, 5.74) is 6.00. The highest BCUT2D eigenvalue weighted by Crippen LogP contribution is 2.47. The number of pyridine rings is 1. The van der Waals surface area contributed by atoms with Gasteiger partial charge in [0, 0.05) is 45.4 Å². The summed E-state index contributed by atoms with van der Waals surface area (Å²) < 4.78 is 36.0. The Balaban J connectivity index is 1.48. The maximum atomic E-state index is 14.7. The molecule has 0 radical (unpaired) electrons. The van der Waals surface area contributed by atoms with Crippen molar-refractivity contribution in [3.05, 3.63) is 83.6 Å². The van der Waals surface area contributed by atoms with Gasteiger partial charge in [-0.25, -0.2) is 9.37 Å². The topological polar surface area (TPSA) is 70.4 Å². The zero-order valence-electron chi connectivity index (χ0n) is 24.0. The Hall–Kier alpha value is -4.05. The monoisotopic (exact) mass is 596 g/mol. The molecule has 2 aliphatic rings. The van der Waals surface area contributed by atoms with Crippen LogP contribution in [0, 0.1) is 5.82 Å². The molecule has 2 bridgehead atoms. The number of thiophene rings is 1. The fourth-order valence-corrected chi connectivity index (χ4v) is 6.73. The predicted molar refractivity (Wildman–Crippen MR) is 168 cm³/mol. The first-order chi connectivity index (χ1) is 21.2. The van der Waals surface area contributed by atoms with Gasteiger partial charge in [-0.3, -0.25) is 4.68 Å². The fourth-order valence-electron chi connectivity index (χ4n) is 5.77. The third-order valence-electron chi connectivity index (χ3n) is 7.87. The smallest absolute Gasteiger partial charge is 0.130 e. The van der Waals surface area contributed by atoms with E-state index in [1.807, 2.05) is 24.3 Å². The second-order valence-electron chi connectivity index (χ2n) is 10.7. The van der Waals surface area contributed by atoms with Crippen LogP contribution in [0.2, 0.25) is 0 Å². The van der Waals surface area contributed by atoms with Gasteiger partial charge in [-0.1, -0.05) is 24.3 Å². The van der Waals surface area contributed by atoms with E-state index in [1.165, 1.54) is 12.1 Å². The van der Waals surface area contributed by atoms with Gasteiger partial charge in [-0.05, 0) is 61.5 Å². The zero-order valence-corrected chi connectivity index (χ0v) is 24.8. The SMILES string of the molecule is C[C@H]1NCCn2nc(-c3nc4c5ccsc5c3-c3ccc(F)cc3OCCOC/C=C/CCCOc3ccccc3-4)cc21. The first-order valence-electron chi connectivity index (χ1n) is 14.8. The molecule has 5 aromatic rings. The third kappa shape index (κ3) is 5.56. The highest BCUT2D eigenvalue weighted by Gasteiger charge is 2.27. The number of aromatic nitrogens is 3. The summed E-state index contributed by atoms with van der Waals surface area (Å²) in [6.07, 6.45) is 5.89. The molecular weight excluding hydrogens is 563 g/mol. The van der Waals surface area contributed by atoms with Gasteiger partial charge in [0.15, 0.2) is 0 Å². The van der Waals surface area contributed by atoms with E-state index in [0.29, 0.717) is 32.2 Å². The van der Waals surface area contributed by atoms with Gasteiger partial charge in [0.05, 0.1) is 37.8 Å². The highest BCUT2D eigenvalue weighted by molar-refractivity contribution is 7.18. The number of hydrogen-bond donors (Lipinski definition) is 1. The lowest BCUT2D eigenvalue weighted by molar-refractivity contribution is 0.121. The summed E-state index contributed by atoms with van der Waals surface area (Å²) in [6.45, 7) is 5.53. The molecular formula is C34H33FN4O3S. The molecule has 0 amide bonds. The van der Waals surface area contributed by atoms with Crippen molar-refractivity contribution in [2.24, 2.45) is 0 Å². The molecule has 0 spiro atoms. The van der Waals surface area contributed by atoms with Gasteiger partial charge in [0.2, 0.25) is 0 Å². The second kappa shape index (κ2) is 12.3. The molecule has 43 heavy (non-hydrogen) atoms. The van der Waals surface area contributed by atoms with Crippen LogP contribution in [0.25, 0.3) is 43.9 Å². The summed E-state index contributed by atoms with van der Waals surface area (Å²) in [5.74, 6) is 0.877. The Morgan fingerprint density at radius 3 is 2.79 bits per heavy atom. The molecule has 0 fully saturated rings. The molecule has 1 atom stereocenters. The summed E-state index contributed by atoms with van der Waals surface area (Å²) in [4.78, 5) is 5.38. The summed E-state index contributed by atoms with van der Waals surface area (Å²) in [6, 6.07) is 17.2. The van der Waals surface area contributed by atoms with Crippen LogP contribution in [-0.2, 0) is 11.3 Å². The normalized spacial score (nSPS) is 18.3. The fraction of sp³-hybridized carbons (Fsp3) is 0.294. The third-order valence-corrected chi connectivity index (χ3v) is 8.81. The Labute approximate surface area is 253 Å². The molecule has 1 N–H and O–H groups in total. The molecule has 5 heterocycles. The van der Waals surface area contributed by atoms with Crippen molar-refractivity contribution in [2.45, 2.75) is 32.4 Å². The summed E-state index contributed by atoms with van der Waals surface area (Å²) in [7, 11) is 0. The van der Waals surface area contributed by atoms with Crippen LogP contribution in [0.1, 0.15) is 31.5 Å². The van der Waals surface area contributed by atoms with E-state index in [2.05, 4.69) is 46.6 Å². The molecule has 7 nitrogen and oxygen atoms in total. The minimum Gasteiger partial charge on any atom is -0.493 e. The van der Waals surface area contributed by atoms with Crippen LogP contribution in [0.5, 0.6) is 11.5 Å². The zero-order chi connectivity index (χ0) is 29.2. The minimum absolute atomic E-state index is 0.166. The first-order valence-corrected chi connectivity index (χ1v) is 15.7. The molecule has 2 aliphatic heterocycles. The van der Waals surface area contributed by atoms with Gasteiger partial charge in [0.1, 0.15) is 35.3 Å². The Morgan fingerprint density at radius 1 is 0.953 bits per heavy atom. The number of fused-ring (bicyclic) bond motifs is 5. The predicted octanol–water partition coefficient (Wildman–Crippen LogP) is 7.42. The van der Waals surface area contributed by atoms with Crippen LogP contribution >= 0.6 is 11.3 Å². The molecule has 3 aromatic heterocycles. The lowest BCUT2D eigenvalue weighted by Crippen LogP contribution is -2.31. The maximum absolute atomic E-state index is 14.7. The lowest BCUT2D eigenvalue weighted by atomic mass is 9.96. The van der Waals surface area contributed by atoms with Crippen molar-refractivity contribution >= 4 is 21.4 Å². The number of benzene rings is 2. The van der Waals surface area contributed by atoms with Gasteiger partial charge in [-0.15, -0.1) is 11.3 Å². The van der Waals surface area contributed by atoms with E-state index in [-0.39, 0.29) is 11.9 Å². The molecule has 7 rings (SSSR count). The molecule has 0 saturated carbocycles. The van der Waals surface area contributed by atoms with Crippen LogP contribution in [0.15, 0.2) is 72.1 Å². The van der Waals surface area contributed by atoms with Crippen molar-refractivity contribution in [1.29, 1.82) is 0 Å². The average Bonchev–Trinajstić information content (AvgIpc) is 3.68. The highest BCUT2D eigenvalue weighted by atomic mass is 32.1. The van der Waals surface area contributed by atoms with E-state index in [0.717, 1.165) is 81.2 Å². The molecule has 0 saturated heterocycles. The molecule has 0 unspecified atom stereocenters. The van der Waals surface area contributed by atoms with Crippen molar-refractivity contribution in [1.82, 2.24) is 20.1 Å². The van der Waals surface area contributed by atoms with Crippen molar-refractivity contribution in [2.75, 3.05) is 33.0 Å². The molecule has 2 aromatic carbocycles. The number of halogens is 1. The van der Waals surface area contributed by atoms with Crippen LogP contribution in [0.4, 0.5) is 4.39 Å². The van der Waals surface area contributed by atoms with E-state index < -0.39 is 0 Å². The Morgan fingerprint density at radius 2 is 1.86 bits per heavy atom. The number of rotatable bonds is 1. The first kappa shape index (κ1) is 27.8. The summed E-state index contributed by atoms with van der Waals surface area (Å²) in [5, 5.41) is 11.7. The summed E-state index contributed by atoms with van der Waals surface area (Å²) >= 11 is 1.63. The Kier molecular flexibility index (Phi) is 7.93. The van der Waals surface area contributed by atoms with E-state index in [4.69, 9.17) is 24.3 Å². The van der Waals surface area contributed by atoms with Gasteiger partial charge in [-0.2, -0.15) is 5.10 Å². The second-order valence-corrected chi connectivity index (χ2v) is 11.6. The lowest BCUT2D eigenvalue weighted by Gasteiger charge is -2.21. The largest absolute Gasteiger partial charge is 0.493 e. The number of allylic oxidation sites excluding steroid dienone is 1. The van der Waals surface area contributed by atoms with Gasteiger partial charge >= 0.3 is 0 Å². The number of hydrogen-bond acceptors (Lipinski definition) is 7. The van der Waals surface area contributed by atoms with E-state index in [1.54, 1.807) is 17.4 Å². The van der Waals surface area contributed by atoms with Crippen molar-refractivity contribution in [3.63, 3.8) is 0 Å². The van der Waals surface area contributed by atoms with Gasteiger partial charge in [0.25, 0.3) is 0 Å². The van der Waals surface area contributed by atoms with E-state index in [9.17, 15) is 4.39 Å². The molecule has 220 valence electrons. The van der Waals surface area contributed by atoms with Crippen molar-refractivity contribution < 1.29 is 18.6 Å². The van der Waals surface area contributed by atoms with Crippen LogP contribution < -0.4 is 14.8 Å². The quantitative estimate of drug-likeness (QED) is 0.203. The minimum atomic E-state index is -0.363.